The Morgan fingerprint density at radius 1 is 1.21 bits per heavy atom. The van der Waals surface area contributed by atoms with E-state index in [2.05, 4.69) is 15.5 Å². The highest BCUT2D eigenvalue weighted by Crippen LogP contribution is 2.23. The normalized spacial score (nSPS) is 16.2. The van der Waals surface area contributed by atoms with Crippen LogP contribution in [0.4, 0.5) is 16.2 Å². The number of rotatable bonds is 6. The Kier molecular flexibility index (Phi) is 7.32. The summed E-state index contributed by atoms with van der Waals surface area (Å²) in [6.45, 7) is 4.17. The lowest BCUT2D eigenvalue weighted by molar-refractivity contribution is 0.0421. The third-order valence-corrected chi connectivity index (χ3v) is 4.72. The van der Waals surface area contributed by atoms with Crippen molar-refractivity contribution < 1.29 is 19.1 Å². The summed E-state index contributed by atoms with van der Waals surface area (Å²) in [7, 11) is 0. The van der Waals surface area contributed by atoms with Gasteiger partial charge in [-0.1, -0.05) is 23.7 Å². The first-order valence-electron chi connectivity index (χ1n) is 9.50. The molecule has 3 rings (SSSR count). The molecule has 1 atom stereocenters. The maximum atomic E-state index is 12.2. The van der Waals surface area contributed by atoms with Crippen LogP contribution in [0.5, 0.6) is 0 Å². The molecule has 0 saturated carbocycles. The maximum Gasteiger partial charge on any atom is 0.340 e. The SMILES string of the molecule is CCOC(=O)c1ccccc1N1CCOC(CNC(=O)Nc2ccc(Cl)cc2)C1. The molecule has 0 aliphatic carbocycles. The zero-order chi connectivity index (χ0) is 20.6. The van der Waals surface area contributed by atoms with Crippen molar-refractivity contribution in [3.63, 3.8) is 0 Å². The Bertz CT molecular complexity index is 844. The number of urea groups is 1. The molecule has 0 bridgehead atoms. The summed E-state index contributed by atoms with van der Waals surface area (Å²) >= 11 is 5.84. The second kappa shape index (κ2) is 10.1. The smallest absolute Gasteiger partial charge is 0.340 e. The lowest BCUT2D eigenvalue weighted by Crippen LogP contribution is -2.48. The van der Waals surface area contributed by atoms with E-state index < -0.39 is 0 Å². The summed E-state index contributed by atoms with van der Waals surface area (Å²) in [4.78, 5) is 26.4. The number of halogens is 1. The highest BCUT2D eigenvalue weighted by Gasteiger charge is 2.24. The number of ether oxygens (including phenoxy) is 2. The van der Waals surface area contributed by atoms with Crippen molar-refractivity contribution in [3.8, 4) is 0 Å². The molecule has 1 fully saturated rings. The lowest BCUT2D eigenvalue weighted by Gasteiger charge is -2.35. The molecule has 8 heteroatoms. The predicted octanol–water partition coefficient (Wildman–Crippen LogP) is 3.54. The standard InChI is InChI=1S/C21H24ClN3O4/c1-2-28-20(26)18-5-3-4-6-19(18)25-11-12-29-17(14-25)13-23-21(27)24-16-9-7-15(22)8-10-16/h3-10,17H,2,11-14H2,1H3,(H2,23,24,27). The molecule has 1 aliphatic heterocycles. The Labute approximate surface area is 174 Å². The van der Waals surface area contributed by atoms with Crippen LogP contribution in [-0.4, -0.2) is 51.0 Å². The molecule has 0 spiro atoms. The largest absolute Gasteiger partial charge is 0.462 e. The molecular weight excluding hydrogens is 394 g/mol. The Morgan fingerprint density at radius 3 is 2.72 bits per heavy atom. The number of esters is 1. The third-order valence-electron chi connectivity index (χ3n) is 4.47. The van der Waals surface area contributed by atoms with Crippen LogP contribution in [0.1, 0.15) is 17.3 Å². The second-order valence-electron chi connectivity index (χ2n) is 6.52. The minimum atomic E-state index is -0.341. The number of hydrogen-bond acceptors (Lipinski definition) is 5. The molecule has 2 N–H and O–H groups in total. The van der Waals surface area contributed by atoms with Crippen molar-refractivity contribution >= 4 is 35.0 Å². The van der Waals surface area contributed by atoms with Gasteiger partial charge in [0.05, 0.1) is 30.6 Å². The van der Waals surface area contributed by atoms with Gasteiger partial charge in [0.2, 0.25) is 0 Å². The molecule has 7 nitrogen and oxygen atoms in total. The van der Waals surface area contributed by atoms with Crippen LogP contribution in [0.2, 0.25) is 5.02 Å². The van der Waals surface area contributed by atoms with E-state index in [9.17, 15) is 9.59 Å². The van der Waals surface area contributed by atoms with Gasteiger partial charge in [-0.3, -0.25) is 0 Å². The van der Waals surface area contributed by atoms with Crippen LogP contribution in [-0.2, 0) is 9.47 Å². The zero-order valence-electron chi connectivity index (χ0n) is 16.2. The van der Waals surface area contributed by atoms with Gasteiger partial charge >= 0.3 is 12.0 Å². The van der Waals surface area contributed by atoms with Gasteiger partial charge < -0.3 is 25.0 Å². The molecule has 154 valence electrons. The van der Waals surface area contributed by atoms with E-state index >= 15 is 0 Å². The maximum absolute atomic E-state index is 12.2. The van der Waals surface area contributed by atoms with Crippen molar-refractivity contribution in [1.29, 1.82) is 0 Å². The van der Waals surface area contributed by atoms with Crippen LogP contribution in [0.3, 0.4) is 0 Å². The fourth-order valence-corrected chi connectivity index (χ4v) is 3.23. The number of carbonyl (C=O) groups excluding carboxylic acids is 2. The average Bonchev–Trinajstić information content (AvgIpc) is 2.74. The number of para-hydroxylation sites is 1. The average molecular weight is 418 g/mol. The van der Waals surface area contributed by atoms with Crippen LogP contribution in [0, 0.1) is 0 Å². The van der Waals surface area contributed by atoms with Gasteiger partial charge in [0.25, 0.3) is 0 Å². The molecule has 1 saturated heterocycles. The van der Waals surface area contributed by atoms with Gasteiger partial charge in [0, 0.05) is 30.3 Å². The topological polar surface area (TPSA) is 79.9 Å². The summed E-state index contributed by atoms with van der Waals surface area (Å²) in [5, 5.41) is 6.18. The van der Waals surface area contributed by atoms with Crippen LogP contribution in [0.15, 0.2) is 48.5 Å². The number of amides is 2. The number of nitrogens with one attached hydrogen (secondary N) is 2. The van der Waals surface area contributed by atoms with Crippen molar-refractivity contribution in [2.45, 2.75) is 13.0 Å². The van der Waals surface area contributed by atoms with Crippen LogP contribution in [0.25, 0.3) is 0 Å². The molecular formula is C21H24ClN3O4. The first-order chi connectivity index (χ1) is 14.1. The van der Waals surface area contributed by atoms with Gasteiger partial charge in [-0.05, 0) is 43.3 Å². The summed E-state index contributed by atoms with van der Waals surface area (Å²) in [6, 6.07) is 13.9. The summed E-state index contributed by atoms with van der Waals surface area (Å²) in [5.41, 5.74) is 2.00. The number of morpholine rings is 1. The molecule has 1 unspecified atom stereocenters. The van der Waals surface area contributed by atoms with E-state index in [4.69, 9.17) is 21.1 Å². The number of carbonyl (C=O) groups is 2. The third kappa shape index (κ3) is 5.85. The molecule has 29 heavy (non-hydrogen) atoms. The highest BCUT2D eigenvalue weighted by atomic mass is 35.5. The molecule has 1 aliphatic rings. The van der Waals surface area contributed by atoms with Crippen LogP contribution < -0.4 is 15.5 Å². The summed E-state index contributed by atoms with van der Waals surface area (Å²) in [6.07, 6.45) is -0.199. The van der Waals surface area contributed by atoms with Crippen LogP contribution >= 0.6 is 11.6 Å². The summed E-state index contributed by atoms with van der Waals surface area (Å²) in [5.74, 6) is -0.341. The van der Waals surface area contributed by atoms with E-state index in [0.29, 0.717) is 49.1 Å². The van der Waals surface area contributed by atoms with E-state index in [1.54, 1.807) is 37.3 Å². The number of benzene rings is 2. The first kappa shape index (κ1) is 21.0. The Balaban J connectivity index is 1.56. The lowest BCUT2D eigenvalue weighted by atomic mass is 10.1. The van der Waals surface area contributed by atoms with Gasteiger partial charge in [0.1, 0.15) is 0 Å². The fraction of sp³-hybridized carbons (Fsp3) is 0.333. The van der Waals surface area contributed by atoms with E-state index in [1.807, 2.05) is 18.2 Å². The van der Waals surface area contributed by atoms with E-state index in [-0.39, 0.29) is 18.1 Å². The van der Waals surface area contributed by atoms with Gasteiger partial charge in [-0.25, -0.2) is 9.59 Å². The summed E-state index contributed by atoms with van der Waals surface area (Å²) < 4.78 is 10.9. The minimum Gasteiger partial charge on any atom is -0.462 e. The Morgan fingerprint density at radius 2 is 1.97 bits per heavy atom. The quantitative estimate of drug-likeness (QED) is 0.703. The van der Waals surface area contributed by atoms with Crippen molar-refractivity contribution in [2.24, 2.45) is 0 Å². The van der Waals surface area contributed by atoms with Gasteiger partial charge in [-0.2, -0.15) is 0 Å². The van der Waals surface area contributed by atoms with E-state index in [1.165, 1.54) is 0 Å². The molecule has 0 aromatic heterocycles. The van der Waals surface area contributed by atoms with Crippen molar-refractivity contribution in [2.75, 3.05) is 43.1 Å². The Hall–Kier alpha value is -2.77. The van der Waals surface area contributed by atoms with E-state index in [0.717, 1.165) is 5.69 Å². The molecule has 2 amide bonds. The van der Waals surface area contributed by atoms with Gasteiger partial charge in [0.15, 0.2) is 0 Å². The minimum absolute atomic E-state index is 0.199. The molecule has 0 radical (unpaired) electrons. The van der Waals surface area contributed by atoms with Gasteiger partial charge in [-0.15, -0.1) is 0 Å². The number of hydrogen-bond donors (Lipinski definition) is 2. The highest BCUT2D eigenvalue weighted by molar-refractivity contribution is 6.30. The zero-order valence-corrected chi connectivity index (χ0v) is 16.9. The second-order valence-corrected chi connectivity index (χ2v) is 6.95. The molecule has 1 heterocycles. The number of nitrogens with zero attached hydrogens (tertiary/aromatic N) is 1. The molecule has 2 aromatic carbocycles. The predicted molar refractivity (Wildman–Crippen MR) is 113 cm³/mol. The molecule has 2 aromatic rings. The first-order valence-corrected chi connectivity index (χ1v) is 9.87. The number of anilines is 2. The van der Waals surface area contributed by atoms with Crippen molar-refractivity contribution in [3.05, 3.63) is 59.1 Å². The fourth-order valence-electron chi connectivity index (χ4n) is 3.11. The van der Waals surface area contributed by atoms with Crippen molar-refractivity contribution in [1.82, 2.24) is 5.32 Å². The monoisotopic (exact) mass is 417 g/mol.